The van der Waals surface area contributed by atoms with Gasteiger partial charge in [0.05, 0.1) is 22.4 Å². The SMILES string of the molecule is O=S(=O)(CCc1ncc(Cl)cn1)Nc1nnc2n1[C@H](c1cccnc1)COc1ccc(F)cc1-2. The Bertz CT molecular complexity index is 1430. The number of sulfonamides is 1. The van der Waals surface area contributed by atoms with Crippen LogP contribution in [0.5, 0.6) is 5.75 Å². The molecule has 0 saturated heterocycles. The topological polar surface area (TPSA) is 125 Å². The molecule has 0 spiro atoms. The first-order valence-electron chi connectivity index (χ1n) is 10.1. The first-order valence-corrected chi connectivity index (χ1v) is 12.2. The average molecular weight is 502 g/mol. The molecule has 0 bridgehead atoms. The van der Waals surface area contributed by atoms with E-state index < -0.39 is 21.9 Å². The lowest BCUT2D eigenvalue weighted by atomic mass is 10.1. The minimum absolute atomic E-state index is 0.0263. The van der Waals surface area contributed by atoms with E-state index in [9.17, 15) is 12.8 Å². The second-order valence-corrected chi connectivity index (χ2v) is 9.74. The van der Waals surface area contributed by atoms with Crippen molar-refractivity contribution >= 4 is 27.6 Å². The van der Waals surface area contributed by atoms with Gasteiger partial charge in [0.2, 0.25) is 16.0 Å². The maximum Gasteiger partial charge on any atom is 0.239 e. The lowest BCUT2D eigenvalue weighted by Crippen LogP contribution is -2.24. The Labute approximate surface area is 198 Å². The second kappa shape index (κ2) is 8.95. The lowest BCUT2D eigenvalue weighted by molar-refractivity contribution is 0.280. The number of anilines is 1. The summed E-state index contributed by atoms with van der Waals surface area (Å²) in [4.78, 5) is 12.2. The Kier molecular flexibility index (Phi) is 5.84. The Hall–Kier alpha value is -3.64. The number of hydrogen-bond acceptors (Lipinski definition) is 8. The highest BCUT2D eigenvalue weighted by molar-refractivity contribution is 7.92. The fourth-order valence-corrected chi connectivity index (χ4v) is 4.66. The Morgan fingerprint density at radius 1 is 1.18 bits per heavy atom. The van der Waals surface area contributed by atoms with Crippen LogP contribution in [-0.4, -0.2) is 50.5 Å². The predicted octanol–water partition coefficient (Wildman–Crippen LogP) is 2.89. The number of pyridine rings is 1. The molecule has 0 aliphatic carbocycles. The van der Waals surface area contributed by atoms with Gasteiger partial charge in [0, 0.05) is 31.2 Å². The number of hydrogen-bond donors (Lipinski definition) is 1. The van der Waals surface area contributed by atoms with Crippen molar-refractivity contribution in [2.24, 2.45) is 0 Å². The van der Waals surface area contributed by atoms with Gasteiger partial charge in [-0.25, -0.2) is 22.8 Å². The fourth-order valence-electron chi connectivity index (χ4n) is 3.59. The van der Waals surface area contributed by atoms with Crippen LogP contribution in [0.4, 0.5) is 10.3 Å². The molecule has 1 aromatic carbocycles. The van der Waals surface area contributed by atoms with Gasteiger partial charge in [0.15, 0.2) is 5.82 Å². The Balaban J connectivity index is 1.51. The van der Waals surface area contributed by atoms with Crippen molar-refractivity contribution in [2.45, 2.75) is 12.5 Å². The molecule has 4 heterocycles. The molecule has 4 aromatic rings. The number of rotatable bonds is 6. The van der Waals surface area contributed by atoms with Gasteiger partial charge in [0.25, 0.3) is 0 Å². The van der Waals surface area contributed by atoms with Gasteiger partial charge < -0.3 is 4.74 Å². The van der Waals surface area contributed by atoms with Crippen LogP contribution in [0.3, 0.4) is 0 Å². The van der Waals surface area contributed by atoms with Crippen LogP contribution < -0.4 is 9.46 Å². The summed E-state index contributed by atoms with van der Waals surface area (Å²) in [6.45, 7) is 0.128. The quantitative estimate of drug-likeness (QED) is 0.427. The summed E-state index contributed by atoms with van der Waals surface area (Å²) in [5.41, 5.74) is 1.10. The van der Waals surface area contributed by atoms with Crippen LogP contribution in [0.25, 0.3) is 11.4 Å². The largest absolute Gasteiger partial charge is 0.490 e. The van der Waals surface area contributed by atoms with Crippen molar-refractivity contribution in [3.8, 4) is 17.1 Å². The van der Waals surface area contributed by atoms with E-state index in [1.807, 2.05) is 6.07 Å². The van der Waals surface area contributed by atoms with Crippen molar-refractivity contribution in [1.29, 1.82) is 0 Å². The molecule has 0 amide bonds. The van der Waals surface area contributed by atoms with E-state index in [1.54, 1.807) is 23.0 Å². The van der Waals surface area contributed by atoms with Crippen molar-refractivity contribution in [3.63, 3.8) is 0 Å². The maximum absolute atomic E-state index is 14.1. The molecule has 5 rings (SSSR count). The van der Waals surface area contributed by atoms with Crippen molar-refractivity contribution in [1.82, 2.24) is 29.7 Å². The van der Waals surface area contributed by atoms with Crippen molar-refractivity contribution in [3.05, 3.63) is 77.3 Å². The zero-order chi connectivity index (χ0) is 23.7. The fraction of sp³-hybridized carbons (Fsp3) is 0.190. The molecule has 1 atom stereocenters. The summed E-state index contributed by atoms with van der Waals surface area (Å²) >= 11 is 5.78. The third-order valence-corrected chi connectivity index (χ3v) is 6.60. The van der Waals surface area contributed by atoms with Crippen LogP contribution in [0, 0.1) is 5.82 Å². The van der Waals surface area contributed by atoms with Gasteiger partial charge in [-0.1, -0.05) is 17.7 Å². The first kappa shape index (κ1) is 22.2. The van der Waals surface area contributed by atoms with Gasteiger partial charge in [-0.05, 0) is 29.8 Å². The van der Waals surface area contributed by atoms with E-state index in [0.29, 0.717) is 22.2 Å². The molecule has 0 unspecified atom stereocenters. The predicted molar refractivity (Wildman–Crippen MR) is 121 cm³/mol. The molecule has 10 nitrogen and oxygen atoms in total. The molecule has 3 aromatic heterocycles. The number of aryl methyl sites for hydroxylation is 1. The summed E-state index contributed by atoms with van der Waals surface area (Å²) in [7, 11) is -3.87. The van der Waals surface area contributed by atoms with Crippen molar-refractivity contribution < 1.29 is 17.5 Å². The van der Waals surface area contributed by atoms with E-state index in [4.69, 9.17) is 16.3 Å². The molecule has 0 radical (unpaired) electrons. The molecular weight excluding hydrogens is 485 g/mol. The van der Waals surface area contributed by atoms with Crippen LogP contribution in [0.1, 0.15) is 17.4 Å². The van der Waals surface area contributed by atoms with E-state index in [0.717, 1.165) is 5.56 Å². The number of fused-ring (bicyclic) bond motifs is 3. The average Bonchev–Trinajstić information content (AvgIpc) is 3.15. The van der Waals surface area contributed by atoms with Gasteiger partial charge in [-0.2, -0.15) is 0 Å². The molecule has 0 saturated carbocycles. The molecule has 0 fully saturated rings. The van der Waals surface area contributed by atoms with Crippen LogP contribution >= 0.6 is 11.6 Å². The van der Waals surface area contributed by atoms with Gasteiger partial charge >= 0.3 is 0 Å². The highest BCUT2D eigenvalue weighted by atomic mass is 35.5. The number of ether oxygens (including phenoxy) is 1. The normalized spacial score (nSPS) is 15.1. The number of halogens is 2. The van der Waals surface area contributed by atoms with Crippen molar-refractivity contribution in [2.75, 3.05) is 17.1 Å². The molecule has 174 valence electrons. The van der Waals surface area contributed by atoms with Gasteiger partial charge in [-0.15, -0.1) is 10.2 Å². The standard InChI is InChI=1S/C21H17ClFN7O3S/c22-14-10-25-19(26-11-14)5-7-34(31,32)29-21-28-27-20-16-8-15(23)3-4-18(16)33-12-17(30(20)21)13-2-1-6-24-9-13/h1-4,6,8-11,17H,5,7,12H2,(H,28,29)/t17-/m0/s1. The highest BCUT2D eigenvalue weighted by Gasteiger charge is 2.31. The number of nitrogens with zero attached hydrogens (tertiary/aromatic N) is 6. The monoisotopic (exact) mass is 501 g/mol. The zero-order valence-corrected chi connectivity index (χ0v) is 19.0. The highest BCUT2D eigenvalue weighted by Crippen LogP contribution is 2.38. The smallest absolute Gasteiger partial charge is 0.239 e. The van der Waals surface area contributed by atoms with Gasteiger partial charge in [-0.3, -0.25) is 14.3 Å². The molecule has 1 aliphatic rings. The Morgan fingerprint density at radius 3 is 2.76 bits per heavy atom. The third kappa shape index (κ3) is 4.54. The summed E-state index contributed by atoms with van der Waals surface area (Å²) < 4.78 is 49.8. The summed E-state index contributed by atoms with van der Waals surface area (Å²) in [6.07, 6.45) is 6.14. The molecule has 13 heteroatoms. The zero-order valence-electron chi connectivity index (χ0n) is 17.5. The number of nitrogens with one attached hydrogen (secondary N) is 1. The summed E-state index contributed by atoms with van der Waals surface area (Å²) in [5, 5.41) is 8.60. The van der Waals surface area contributed by atoms with E-state index >= 15 is 0 Å². The second-order valence-electron chi connectivity index (χ2n) is 7.46. The minimum Gasteiger partial charge on any atom is -0.490 e. The van der Waals surface area contributed by atoms with Gasteiger partial charge in [0.1, 0.15) is 24.0 Å². The molecular formula is C21H17ClFN7O3S. The Morgan fingerprint density at radius 2 is 2.00 bits per heavy atom. The van der Waals surface area contributed by atoms with E-state index in [-0.39, 0.29) is 30.6 Å². The first-order chi connectivity index (χ1) is 16.4. The van der Waals surface area contributed by atoms with E-state index in [1.165, 1.54) is 30.6 Å². The number of aromatic nitrogens is 6. The van der Waals surface area contributed by atoms with Crippen LogP contribution in [-0.2, 0) is 16.4 Å². The molecule has 34 heavy (non-hydrogen) atoms. The third-order valence-electron chi connectivity index (χ3n) is 5.17. The number of benzene rings is 1. The lowest BCUT2D eigenvalue weighted by Gasteiger charge is -2.20. The summed E-state index contributed by atoms with van der Waals surface area (Å²) in [6, 6.07) is 7.13. The maximum atomic E-state index is 14.1. The van der Waals surface area contributed by atoms with E-state index in [2.05, 4.69) is 29.9 Å². The molecule has 1 N–H and O–H groups in total. The minimum atomic E-state index is -3.87. The van der Waals surface area contributed by atoms with Crippen LogP contribution in [0.2, 0.25) is 5.02 Å². The van der Waals surface area contributed by atoms with Crippen LogP contribution in [0.15, 0.2) is 55.1 Å². The summed E-state index contributed by atoms with van der Waals surface area (Å²) in [5.74, 6) is 0.204. The molecule has 1 aliphatic heterocycles.